The van der Waals surface area contributed by atoms with E-state index in [1.54, 1.807) is 6.20 Å². The van der Waals surface area contributed by atoms with E-state index in [4.69, 9.17) is 0 Å². The Kier molecular flexibility index (Phi) is 1.55. The molecule has 5 heteroatoms. The zero-order valence-electron chi connectivity index (χ0n) is 6.43. The van der Waals surface area contributed by atoms with Crippen molar-refractivity contribution in [3.05, 3.63) is 24.4 Å². The predicted octanol–water partition coefficient (Wildman–Crippen LogP) is 0.835. The lowest BCUT2D eigenvalue weighted by atomic mass is 10.4. The Morgan fingerprint density at radius 2 is 2.17 bits per heavy atom. The Balaban J connectivity index is 2.48. The minimum Gasteiger partial charge on any atom is -0.342 e. The van der Waals surface area contributed by atoms with Crippen LogP contribution in [0.15, 0.2) is 23.2 Å². The number of rotatable bonds is 1. The van der Waals surface area contributed by atoms with Gasteiger partial charge in [-0.2, -0.15) is 4.98 Å². The number of aryl methyl sites for hydroxylation is 1. The largest absolute Gasteiger partial charge is 0.342 e. The SMILES string of the molecule is Cc1ccnc(-c2ncon2)n1. The van der Waals surface area contributed by atoms with E-state index >= 15 is 0 Å². The molecule has 0 spiro atoms. The Bertz CT molecular complexity index is 371. The van der Waals surface area contributed by atoms with Gasteiger partial charge in [0.05, 0.1) is 0 Å². The van der Waals surface area contributed by atoms with Gasteiger partial charge in [0.25, 0.3) is 0 Å². The summed E-state index contributed by atoms with van der Waals surface area (Å²) in [5, 5.41) is 3.62. The minimum atomic E-state index is 0.415. The number of hydrogen-bond donors (Lipinski definition) is 0. The third-order valence-electron chi connectivity index (χ3n) is 1.36. The molecule has 0 atom stereocenters. The lowest BCUT2D eigenvalue weighted by Gasteiger charge is -1.92. The van der Waals surface area contributed by atoms with E-state index in [0.29, 0.717) is 11.6 Å². The molecule has 2 aromatic heterocycles. The summed E-state index contributed by atoms with van der Waals surface area (Å²) in [5.41, 5.74) is 0.879. The molecule has 12 heavy (non-hydrogen) atoms. The predicted molar refractivity (Wildman–Crippen MR) is 40.1 cm³/mol. The summed E-state index contributed by atoms with van der Waals surface area (Å²) in [5.74, 6) is 0.905. The number of aromatic nitrogens is 4. The van der Waals surface area contributed by atoms with Crippen LogP contribution in [0.25, 0.3) is 11.6 Å². The molecule has 2 heterocycles. The van der Waals surface area contributed by atoms with E-state index in [-0.39, 0.29) is 0 Å². The van der Waals surface area contributed by atoms with Crippen molar-refractivity contribution in [2.24, 2.45) is 0 Å². The first kappa shape index (κ1) is 6.90. The second-order valence-electron chi connectivity index (χ2n) is 2.28. The molecule has 0 saturated carbocycles. The van der Waals surface area contributed by atoms with Crippen LogP contribution in [0, 0.1) is 6.92 Å². The lowest BCUT2D eigenvalue weighted by Crippen LogP contribution is -1.91. The molecule has 0 N–H and O–H groups in total. The average molecular weight is 162 g/mol. The van der Waals surface area contributed by atoms with Crippen LogP contribution in [0.3, 0.4) is 0 Å². The fourth-order valence-corrected chi connectivity index (χ4v) is 0.826. The second-order valence-corrected chi connectivity index (χ2v) is 2.28. The van der Waals surface area contributed by atoms with E-state index in [2.05, 4.69) is 24.6 Å². The molecule has 0 bridgehead atoms. The summed E-state index contributed by atoms with van der Waals surface area (Å²) >= 11 is 0. The van der Waals surface area contributed by atoms with Gasteiger partial charge in [0.1, 0.15) is 0 Å². The van der Waals surface area contributed by atoms with Crippen molar-refractivity contribution in [2.75, 3.05) is 0 Å². The minimum absolute atomic E-state index is 0.415. The molecule has 0 aliphatic rings. The Labute approximate surface area is 68.5 Å². The van der Waals surface area contributed by atoms with Crippen molar-refractivity contribution < 1.29 is 4.52 Å². The molecular weight excluding hydrogens is 156 g/mol. The van der Waals surface area contributed by atoms with Crippen LogP contribution in [0.4, 0.5) is 0 Å². The molecular formula is C7H6N4O. The van der Waals surface area contributed by atoms with Crippen molar-refractivity contribution in [1.82, 2.24) is 20.1 Å². The van der Waals surface area contributed by atoms with Crippen LogP contribution in [0.1, 0.15) is 5.69 Å². The molecule has 0 fully saturated rings. The lowest BCUT2D eigenvalue weighted by molar-refractivity contribution is 0.418. The van der Waals surface area contributed by atoms with Crippen LogP contribution >= 0.6 is 0 Å². The van der Waals surface area contributed by atoms with Crippen LogP contribution in [-0.4, -0.2) is 20.1 Å². The standard InChI is InChI=1S/C7H6N4O/c1-5-2-3-8-6(10-5)7-9-4-12-11-7/h2-4H,1H3. The van der Waals surface area contributed by atoms with Crippen LogP contribution < -0.4 is 0 Å². The summed E-state index contributed by atoms with van der Waals surface area (Å²) in [6.07, 6.45) is 2.91. The zero-order chi connectivity index (χ0) is 8.39. The zero-order valence-corrected chi connectivity index (χ0v) is 6.43. The van der Waals surface area contributed by atoms with Gasteiger partial charge in [0.2, 0.25) is 18.0 Å². The topological polar surface area (TPSA) is 64.7 Å². The molecule has 0 saturated heterocycles. The van der Waals surface area contributed by atoms with E-state index in [1.165, 1.54) is 6.39 Å². The molecule has 0 radical (unpaired) electrons. The summed E-state index contributed by atoms with van der Waals surface area (Å²) < 4.78 is 4.57. The Morgan fingerprint density at radius 3 is 2.83 bits per heavy atom. The summed E-state index contributed by atoms with van der Waals surface area (Å²) in [6.45, 7) is 1.88. The van der Waals surface area contributed by atoms with Gasteiger partial charge in [-0.1, -0.05) is 5.16 Å². The number of hydrogen-bond acceptors (Lipinski definition) is 5. The van der Waals surface area contributed by atoms with Gasteiger partial charge >= 0.3 is 0 Å². The third-order valence-corrected chi connectivity index (χ3v) is 1.36. The highest BCUT2D eigenvalue weighted by Gasteiger charge is 2.04. The van der Waals surface area contributed by atoms with Crippen LogP contribution in [0.2, 0.25) is 0 Å². The van der Waals surface area contributed by atoms with Crippen molar-refractivity contribution in [2.45, 2.75) is 6.92 Å². The molecule has 0 unspecified atom stereocenters. The first-order chi connectivity index (χ1) is 5.86. The molecule has 0 amide bonds. The molecule has 5 nitrogen and oxygen atoms in total. The number of nitrogens with zero attached hydrogens (tertiary/aromatic N) is 4. The van der Waals surface area contributed by atoms with Crippen molar-refractivity contribution >= 4 is 0 Å². The van der Waals surface area contributed by atoms with Gasteiger partial charge in [0.15, 0.2) is 0 Å². The first-order valence-electron chi connectivity index (χ1n) is 3.42. The fraction of sp³-hybridized carbons (Fsp3) is 0.143. The van der Waals surface area contributed by atoms with Gasteiger partial charge in [0, 0.05) is 11.9 Å². The van der Waals surface area contributed by atoms with Gasteiger partial charge in [-0.05, 0) is 13.0 Å². The van der Waals surface area contributed by atoms with E-state index < -0.39 is 0 Å². The third kappa shape index (κ3) is 1.16. The molecule has 0 aromatic carbocycles. The van der Waals surface area contributed by atoms with Gasteiger partial charge in [-0.3, -0.25) is 0 Å². The second kappa shape index (κ2) is 2.69. The molecule has 60 valence electrons. The van der Waals surface area contributed by atoms with Crippen molar-refractivity contribution in [3.63, 3.8) is 0 Å². The molecule has 2 rings (SSSR count). The van der Waals surface area contributed by atoms with Gasteiger partial charge in [-0.15, -0.1) is 0 Å². The van der Waals surface area contributed by atoms with E-state index in [1.807, 2.05) is 13.0 Å². The van der Waals surface area contributed by atoms with E-state index in [9.17, 15) is 0 Å². The monoisotopic (exact) mass is 162 g/mol. The van der Waals surface area contributed by atoms with Gasteiger partial charge in [-0.25, -0.2) is 9.97 Å². The maximum absolute atomic E-state index is 4.57. The first-order valence-corrected chi connectivity index (χ1v) is 3.42. The average Bonchev–Trinajstić information content (AvgIpc) is 2.56. The molecule has 0 aliphatic carbocycles. The van der Waals surface area contributed by atoms with Crippen molar-refractivity contribution in [1.29, 1.82) is 0 Å². The Morgan fingerprint density at radius 1 is 1.25 bits per heavy atom. The summed E-state index contributed by atoms with van der Waals surface area (Å²) in [4.78, 5) is 11.9. The fourth-order valence-electron chi connectivity index (χ4n) is 0.826. The Hall–Kier alpha value is -1.78. The molecule has 0 aliphatic heterocycles. The summed E-state index contributed by atoms with van der Waals surface area (Å²) in [6, 6.07) is 1.81. The highest BCUT2D eigenvalue weighted by molar-refractivity contribution is 5.40. The van der Waals surface area contributed by atoms with E-state index in [0.717, 1.165) is 5.69 Å². The maximum atomic E-state index is 4.57. The van der Waals surface area contributed by atoms with Crippen molar-refractivity contribution in [3.8, 4) is 11.6 Å². The van der Waals surface area contributed by atoms with Gasteiger partial charge < -0.3 is 4.52 Å². The van der Waals surface area contributed by atoms with Crippen LogP contribution in [0.5, 0.6) is 0 Å². The molecule has 2 aromatic rings. The normalized spacial score (nSPS) is 10.1. The maximum Gasteiger partial charge on any atom is 0.239 e. The van der Waals surface area contributed by atoms with Crippen LogP contribution in [-0.2, 0) is 0 Å². The highest BCUT2D eigenvalue weighted by atomic mass is 16.5. The quantitative estimate of drug-likeness (QED) is 0.621. The smallest absolute Gasteiger partial charge is 0.239 e. The summed E-state index contributed by atoms with van der Waals surface area (Å²) in [7, 11) is 0. The highest BCUT2D eigenvalue weighted by Crippen LogP contribution is 2.06.